The first-order valence-corrected chi connectivity index (χ1v) is 7.79. The lowest BCUT2D eigenvalue weighted by Gasteiger charge is -2.09. The summed E-state index contributed by atoms with van der Waals surface area (Å²) >= 11 is 0. The van der Waals surface area contributed by atoms with Crippen LogP contribution in [0, 0.1) is 0 Å². The zero-order chi connectivity index (χ0) is 14.7. The Morgan fingerprint density at radius 2 is 1.43 bits per heavy atom. The second kappa shape index (κ2) is 5.46. The van der Waals surface area contributed by atoms with Gasteiger partial charge >= 0.3 is 10.3 Å². The standard InChI is InChI=1S/C16H13NO3S/c18-21(19,20-16-8-2-1-3-9-16)17-15-11-10-13-6-4-5-7-14(13)12-15/h1-12,17H. The number of para-hydroxylation sites is 1. The maximum absolute atomic E-state index is 12.0. The third-order valence-corrected chi connectivity index (χ3v) is 3.84. The summed E-state index contributed by atoms with van der Waals surface area (Å²) in [7, 11) is -3.91. The molecule has 3 aromatic rings. The van der Waals surface area contributed by atoms with E-state index in [9.17, 15) is 8.42 Å². The lowest BCUT2D eigenvalue weighted by Crippen LogP contribution is -2.19. The highest BCUT2D eigenvalue weighted by molar-refractivity contribution is 7.88. The number of hydrogen-bond acceptors (Lipinski definition) is 3. The van der Waals surface area contributed by atoms with E-state index in [4.69, 9.17) is 4.18 Å². The van der Waals surface area contributed by atoms with Gasteiger partial charge in [-0.3, -0.25) is 4.72 Å². The topological polar surface area (TPSA) is 55.4 Å². The first kappa shape index (κ1) is 13.5. The number of hydrogen-bond donors (Lipinski definition) is 1. The van der Waals surface area contributed by atoms with Crippen LogP contribution in [-0.2, 0) is 10.3 Å². The van der Waals surface area contributed by atoms with E-state index in [0.29, 0.717) is 5.69 Å². The fourth-order valence-corrected chi connectivity index (χ4v) is 2.84. The molecule has 0 aliphatic rings. The Morgan fingerprint density at radius 1 is 0.762 bits per heavy atom. The molecule has 0 aliphatic carbocycles. The van der Waals surface area contributed by atoms with Crippen LogP contribution in [0.5, 0.6) is 5.75 Å². The van der Waals surface area contributed by atoms with Crippen molar-refractivity contribution in [3.05, 3.63) is 72.8 Å². The molecule has 0 aliphatic heterocycles. The average Bonchev–Trinajstić information content (AvgIpc) is 2.47. The molecule has 0 saturated carbocycles. The van der Waals surface area contributed by atoms with Crippen molar-refractivity contribution in [2.24, 2.45) is 0 Å². The molecule has 0 saturated heterocycles. The van der Waals surface area contributed by atoms with Crippen molar-refractivity contribution < 1.29 is 12.6 Å². The second-order valence-corrected chi connectivity index (χ2v) is 5.79. The molecule has 1 N–H and O–H groups in total. The summed E-state index contributed by atoms with van der Waals surface area (Å²) < 4.78 is 31.3. The quantitative estimate of drug-likeness (QED) is 0.801. The van der Waals surface area contributed by atoms with Crippen LogP contribution in [0.15, 0.2) is 72.8 Å². The van der Waals surface area contributed by atoms with E-state index in [2.05, 4.69) is 4.72 Å². The Hall–Kier alpha value is -2.53. The molecular weight excluding hydrogens is 286 g/mol. The van der Waals surface area contributed by atoms with E-state index in [1.165, 1.54) is 0 Å². The van der Waals surface area contributed by atoms with E-state index < -0.39 is 10.3 Å². The molecule has 0 spiro atoms. The Balaban J connectivity index is 1.83. The summed E-state index contributed by atoms with van der Waals surface area (Å²) in [5.74, 6) is 0.269. The van der Waals surface area contributed by atoms with Gasteiger partial charge < -0.3 is 4.18 Å². The van der Waals surface area contributed by atoms with Gasteiger partial charge in [-0.2, -0.15) is 8.42 Å². The minimum Gasteiger partial charge on any atom is -0.367 e. The van der Waals surface area contributed by atoms with Crippen molar-refractivity contribution in [1.29, 1.82) is 0 Å². The second-order valence-electron chi connectivity index (χ2n) is 4.51. The largest absolute Gasteiger partial charge is 0.407 e. The predicted octanol–water partition coefficient (Wildman–Crippen LogP) is 3.58. The van der Waals surface area contributed by atoms with Crippen LogP contribution >= 0.6 is 0 Å². The van der Waals surface area contributed by atoms with Gasteiger partial charge in [0.1, 0.15) is 5.75 Å². The predicted molar refractivity (Wildman–Crippen MR) is 83.6 cm³/mol. The molecule has 0 amide bonds. The molecule has 21 heavy (non-hydrogen) atoms. The SMILES string of the molecule is O=S(=O)(Nc1ccc2ccccc2c1)Oc1ccccc1. The zero-order valence-electron chi connectivity index (χ0n) is 11.1. The summed E-state index contributed by atoms with van der Waals surface area (Å²) in [6, 6.07) is 21.4. The monoisotopic (exact) mass is 299 g/mol. The number of rotatable bonds is 4. The van der Waals surface area contributed by atoms with Gasteiger partial charge in [-0.1, -0.05) is 48.5 Å². The lowest BCUT2D eigenvalue weighted by atomic mass is 10.1. The fraction of sp³-hybridized carbons (Fsp3) is 0. The minimum absolute atomic E-state index is 0.269. The van der Waals surface area contributed by atoms with E-state index in [-0.39, 0.29) is 5.75 Å². The summed E-state index contributed by atoms with van der Waals surface area (Å²) in [4.78, 5) is 0. The van der Waals surface area contributed by atoms with E-state index in [1.54, 1.807) is 42.5 Å². The van der Waals surface area contributed by atoms with Gasteiger partial charge in [-0.05, 0) is 35.0 Å². The van der Waals surface area contributed by atoms with Gasteiger partial charge in [0.2, 0.25) is 0 Å². The molecule has 3 rings (SSSR count). The lowest BCUT2D eigenvalue weighted by molar-refractivity contribution is 0.492. The van der Waals surface area contributed by atoms with Gasteiger partial charge in [-0.25, -0.2) is 0 Å². The van der Waals surface area contributed by atoms with Crippen LogP contribution in [-0.4, -0.2) is 8.42 Å². The van der Waals surface area contributed by atoms with Crippen molar-refractivity contribution in [2.45, 2.75) is 0 Å². The summed E-state index contributed by atoms with van der Waals surface area (Å²) in [5.41, 5.74) is 0.463. The number of nitrogens with one attached hydrogen (secondary N) is 1. The summed E-state index contributed by atoms with van der Waals surface area (Å²) in [6.07, 6.45) is 0. The third-order valence-electron chi connectivity index (χ3n) is 2.94. The highest BCUT2D eigenvalue weighted by Gasteiger charge is 2.12. The van der Waals surface area contributed by atoms with Crippen LogP contribution < -0.4 is 8.91 Å². The van der Waals surface area contributed by atoms with Crippen molar-refractivity contribution >= 4 is 26.8 Å². The third kappa shape index (κ3) is 3.32. The van der Waals surface area contributed by atoms with Crippen LogP contribution in [0.25, 0.3) is 10.8 Å². The van der Waals surface area contributed by atoms with Crippen molar-refractivity contribution in [3.63, 3.8) is 0 Å². The Labute approximate surface area is 123 Å². The average molecular weight is 299 g/mol. The molecule has 0 fully saturated rings. The van der Waals surface area contributed by atoms with Crippen molar-refractivity contribution in [2.75, 3.05) is 4.72 Å². The molecule has 5 heteroatoms. The Morgan fingerprint density at radius 3 is 2.19 bits per heavy atom. The molecule has 0 unspecified atom stereocenters. The van der Waals surface area contributed by atoms with Gasteiger partial charge in [0.25, 0.3) is 0 Å². The molecule has 0 radical (unpaired) electrons. The van der Waals surface area contributed by atoms with Crippen LogP contribution in [0.2, 0.25) is 0 Å². The van der Waals surface area contributed by atoms with Gasteiger partial charge in [-0.15, -0.1) is 0 Å². The van der Waals surface area contributed by atoms with Crippen LogP contribution in [0.1, 0.15) is 0 Å². The van der Waals surface area contributed by atoms with E-state index >= 15 is 0 Å². The summed E-state index contributed by atoms with van der Waals surface area (Å²) in [5, 5.41) is 2.00. The molecule has 3 aromatic carbocycles. The van der Waals surface area contributed by atoms with E-state index in [1.807, 2.05) is 30.3 Å². The molecule has 106 valence electrons. The first-order valence-electron chi connectivity index (χ1n) is 6.38. The maximum atomic E-state index is 12.0. The zero-order valence-corrected chi connectivity index (χ0v) is 11.9. The fourth-order valence-electron chi connectivity index (χ4n) is 2.02. The Kier molecular flexibility index (Phi) is 3.50. The normalized spacial score (nSPS) is 11.2. The number of fused-ring (bicyclic) bond motifs is 1. The highest BCUT2D eigenvalue weighted by atomic mass is 32.2. The minimum atomic E-state index is -3.91. The number of benzene rings is 3. The maximum Gasteiger partial charge on any atom is 0.407 e. The highest BCUT2D eigenvalue weighted by Crippen LogP contribution is 2.20. The van der Waals surface area contributed by atoms with E-state index in [0.717, 1.165) is 10.8 Å². The number of anilines is 1. The Bertz CT molecular complexity index is 861. The van der Waals surface area contributed by atoms with Crippen molar-refractivity contribution in [1.82, 2.24) is 0 Å². The molecule has 0 aromatic heterocycles. The summed E-state index contributed by atoms with van der Waals surface area (Å²) in [6.45, 7) is 0. The van der Waals surface area contributed by atoms with Gasteiger partial charge in [0, 0.05) is 0 Å². The van der Waals surface area contributed by atoms with Crippen LogP contribution in [0.4, 0.5) is 5.69 Å². The van der Waals surface area contributed by atoms with Crippen LogP contribution in [0.3, 0.4) is 0 Å². The molecule has 0 heterocycles. The molecule has 0 atom stereocenters. The molecular formula is C16H13NO3S. The van der Waals surface area contributed by atoms with Crippen molar-refractivity contribution in [3.8, 4) is 5.75 Å². The van der Waals surface area contributed by atoms with Gasteiger partial charge in [0.05, 0.1) is 5.69 Å². The first-order chi connectivity index (χ1) is 10.1. The molecule has 4 nitrogen and oxygen atoms in total. The smallest absolute Gasteiger partial charge is 0.367 e. The van der Waals surface area contributed by atoms with Gasteiger partial charge in [0.15, 0.2) is 0 Å². The molecule has 0 bridgehead atoms.